The fourth-order valence-electron chi connectivity index (χ4n) is 2.42. The molecule has 0 bridgehead atoms. The first-order valence-electron chi connectivity index (χ1n) is 8.22. The molecule has 1 N–H and O–H groups in total. The molecule has 4 nitrogen and oxygen atoms in total. The predicted molar refractivity (Wildman–Crippen MR) is 98.8 cm³/mol. The van der Waals surface area contributed by atoms with Gasteiger partial charge in [-0.25, -0.2) is 9.37 Å². The molecule has 0 aliphatic rings. The lowest BCUT2D eigenvalue weighted by atomic mass is 10.1. The Morgan fingerprint density at radius 3 is 2.92 bits per heavy atom. The van der Waals surface area contributed by atoms with Gasteiger partial charge in [-0.05, 0) is 42.7 Å². The van der Waals surface area contributed by atoms with Crippen LogP contribution in [0.4, 0.5) is 9.52 Å². The van der Waals surface area contributed by atoms with Crippen LogP contribution >= 0.6 is 11.3 Å². The third-order valence-corrected chi connectivity index (χ3v) is 4.65. The lowest BCUT2D eigenvalue weighted by molar-refractivity contribution is -0.118. The summed E-state index contributed by atoms with van der Waals surface area (Å²) in [7, 11) is 0. The Labute approximate surface area is 149 Å². The van der Waals surface area contributed by atoms with E-state index in [9.17, 15) is 9.18 Å². The molecule has 0 radical (unpaired) electrons. The van der Waals surface area contributed by atoms with E-state index < -0.39 is 5.82 Å². The summed E-state index contributed by atoms with van der Waals surface area (Å²) in [6, 6.07) is 12.2. The number of unbranched alkanes of at least 4 members (excludes halogenated alkanes) is 1. The van der Waals surface area contributed by atoms with Gasteiger partial charge in [-0.2, -0.15) is 0 Å². The number of aryl methyl sites for hydroxylation is 1. The van der Waals surface area contributed by atoms with Gasteiger partial charge in [0.25, 0.3) is 5.91 Å². The Morgan fingerprint density at radius 1 is 1.28 bits per heavy atom. The molecule has 1 amide bonds. The monoisotopic (exact) mass is 358 g/mol. The van der Waals surface area contributed by atoms with Crippen molar-refractivity contribution in [2.75, 3.05) is 11.9 Å². The van der Waals surface area contributed by atoms with Gasteiger partial charge in [0.15, 0.2) is 23.3 Å². The summed E-state index contributed by atoms with van der Waals surface area (Å²) >= 11 is 1.43. The second-order valence-electron chi connectivity index (χ2n) is 5.69. The minimum atomic E-state index is -0.491. The highest BCUT2D eigenvalue weighted by Gasteiger charge is 2.10. The van der Waals surface area contributed by atoms with Crippen molar-refractivity contribution in [3.05, 3.63) is 53.8 Å². The Hall–Kier alpha value is -2.47. The number of aromatic nitrogens is 1. The summed E-state index contributed by atoms with van der Waals surface area (Å²) in [5.74, 6) is -0.800. The molecule has 0 aliphatic carbocycles. The molecule has 0 spiro atoms. The third kappa shape index (κ3) is 4.54. The average molecular weight is 358 g/mol. The Bertz CT molecular complexity index is 879. The largest absolute Gasteiger partial charge is 0.481 e. The minimum Gasteiger partial charge on any atom is -0.481 e. The van der Waals surface area contributed by atoms with Gasteiger partial charge < -0.3 is 4.74 Å². The number of carbonyl (C=O) groups excluding carboxylic acids is 1. The summed E-state index contributed by atoms with van der Waals surface area (Å²) in [5, 5.41) is 3.22. The van der Waals surface area contributed by atoms with Crippen LogP contribution in [0, 0.1) is 5.82 Å². The number of para-hydroxylation sites is 1. The van der Waals surface area contributed by atoms with Gasteiger partial charge in [0.1, 0.15) is 0 Å². The first-order valence-corrected chi connectivity index (χ1v) is 9.04. The molecule has 130 valence electrons. The van der Waals surface area contributed by atoms with Crippen LogP contribution in [0.1, 0.15) is 25.3 Å². The zero-order chi connectivity index (χ0) is 17.6. The zero-order valence-corrected chi connectivity index (χ0v) is 14.7. The number of carbonyl (C=O) groups is 1. The molecule has 0 saturated carbocycles. The van der Waals surface area contributed by atoms with Gasteiger partial charge in [0.2, 0.25) is 0 Å². The minimum absolute atomic E-state index is 0.0579. The number of ether oxygens (including phenoxy) is 1. The Morgan fingerprint density at radius 2 is 2.12 bits per heavy atom. The normalized spacial score (nSPS) is 10.8. The van der Waals surface area contributed by atoms with Gasteiger partial charge in [-0.1, -0.05) is 42.9 Å². The van der Waals surface area contributed by atoms with Gasteiger partial charge >= 0.3 is 0 Å². The number of halogens is 1. The van der Waals surface area contributed by atoms with E-state index in [1.54, 1.807) is 12.1 Å². The number of anilines is 1. The van der Waals surface area contributed by atoms with Crippen molar-refractivity contribution in [3.8, 4) is 5.75 Å². The molecule has 1 heterocycles. The highest BCUT2D eigenvalue weighted by molar-refractivity contribution is 7.22. The quantitative estimate of drug-likeness (QED) is 0.660. The first kappa shape index (κ1) is 17.4. The van der Waals surface area contributed by atoms with Crippen molar-refractivity contribution >= 4 is 32.6 Å². The fraction of sp³-hybridized carbons (Fsp3) is 0.263. The summed E-state index contributed by atoms with van der Waals surface area (Å²) in [4.78, 5) is 16.4. The Balaban J connectivity index is 1.62. The fourth-order valence-corrected chi connectivity index (χ4v) is 3.37. The van der Waals surface area contributed by atoms with E-state index in [4.69, 9.17) is 4.74 Å². The number of nitrogens with zero attached hydrogens (tertiary/aromatic N) is 1. The maximum Gasteiger partial charge on any atom is 0.264 e. The SMILES string of the molecule is CCCCc1ccc2nc(NC(=O)COc3ccccc3F)sc2c1. The van der Waals surface area contributed by atoms with Crippen LogP contribution in [0.5, 0.6) is 5.75 Å². The topological polar surface area (TPSA) is 51.2 Å². The van der Waals surface area contributed by atoms with Crippen molar-refractivity contribution in [1.29, 1.82) is 0 Å². The first-order chi connectivity index (χ1) is 12.2. The predicted octanol–water partition coefficient (Wildman–Crippen LogP) is 4.80. The van der Waals surface area contributed by atoms with E-state index in [-0.39, 0.29) is 18.3 Å². The summed E-state index contributed by atoms with van der Waals surface area (Å²) in [6.07, 6.45) is 3.36. The number of nitrogens with one attached hydrogen (secondary N) is 1. The second kappa shape index (κ2) is 8.07. The maximum atomic E-state index is 13.5. The number of rotatable bonds is 7. The number of thiazole rings is 1. The lowest BCUT2D eigenvalue weighted by Crippen LogP contribution is -2.20. The molecule has 25 heavy (non-hydrogen) atoms. The standard InChI is InChI=1S/C19H19FN2O2S/c1-2-3-6-13-9-10-15-17(11-13)25-19(21-15)22-18(23)12-24-16-8-5-4-7-14(16)20/h4-5,7-11H,2-3,6,12H2,1H3,(H,21,22,23). The van der Waals surface area contributed by atoms with E-state index in [1.807, 2.05) is 6.07 Å². The van der Waals surface area contributed by atoms with Crippen LogP contribution in [0.15, 0.2) is 42.5 Å². The number of amides is 1. The van der Waals surface area contributed by atoms with E-state index >= 15 is 0 Å². The molecule has 3 rings (SSSR count). The molecular formula is C19H19FN2O2S. The van der Waals surface area contributed by atoms with Crippen molar-refractivity contribution in [1.82, 2.24) is 4.98 Å². The zero-order valence-electron chi connectivity index (χ0n) is 13.9. The van der Waals surface area contributed by atoms with E-state index in [0.29, 0.717) is 5.13 Å². The summed E-state index contributed by atoms with van der Waals surface area (Å²) in [5.41, 5.74) is 2.13. The van der Waals surface area contributed by atoms with Crippen LogP contribution in [-0.2, 0) is 11.2 Å². The molecule has 0 fully saturated rings. The van der Waals surface area contributed by atoms with Crippen molar-refractivity contribution < 1.29 is 13.9 Å². The van der Waals surface area contributed by atoms with Gasteiger partial charge in [-0.15, -0.1) is 0 Å². The molecule has 0 atom stereocenters. The van der Waals surface area contributed by atoms with E-state index in [1.165, 1.54) is 29.0 Å². The maximum absolute atomic E-state index is 13.5. The van der Waals surface area contributed by atoms with Crippen LogP contribution in [0.3, 0.4) is 0 Å². The average Bonchev–Trinajstić information content (AvgIpc) is 3.00. The number of fused-ring (bicyclic) bond motifs is 1. The van der Waals surface area contributed by atoms with Crippen LogP contribution in [-0.4, -0.2) is 17.5 Å². The summed E-state index contributed by atoms with van der Waals surface area (Å²) < 4.78 is 19.7. The molecule has 0 aliphatic heterocycles. The summed E-state index contributed by atoms with van der Waals surface area (Å²) in [6.45, 7) is 1.90. The number of hydrogen-bond donors (Lipinski definition) is 1. The molecule has 3 aromatic rings. The Kier molecular flexibility index (Phi) is 5.60. The smallest absolute Gasteiger partial charge is 0.264 e. The van der Waals surface area contributed by atoms with Crippen LogP contribution < -0.4 is 10.1 Å². The number of hydrogen-bond acceptors (Lipinski definition) is 4. The molecular weight excluding hydrogens is 339 g/mol. The van der Waals surface area contributed by atoms with Crippen LogP contribution in [0.2, 0.25) is 0 Å². The third-order valence-electron chi connectivity index (χ3n) is 3.71. The molecule has 0 saturated heterocycles. The second-order valence-corrected chi connectivity index (χ2v) is 6.72. The van der Waals surface area contributed by atoms with Gasteiger partial charge in [0.05, 0.1) is 10.2 Å². The number of benzene rings is 2. The highest BCUT2D eigenvalue weighted by atomic mass is 32.1. The lowest BCUT2D eigenvalue weighted by Gasteiger charge is -2.06. The molecule has 2 aromatic carbocycles. The molecule has 0 unspecified atom stereocenters. The van der Waals surface area contributed by atoms with Crippen molar-refractivity contribution in [2.45, 2.75) is 26.2 Å². The van der Waals surface area contributed by atoms with Crippen molar-refractivity contribution in [2.24, 2.45) is 0 Å². The van der Waals surface area contributed by atoms with E-state index in [2.05, 4.69) is 29.4 Å². The van der Waals surface area contributed by atoms with Crippen molar-refractivity contribution in [3.63, 3.8) is 0 Å². The molecule has 1 aromatic heterocycles. The van der Waals surface area contributed by atoms with Gasteiger partial charge in [0, 0.05) is 0 Å². The highest BCUT2D eigenvalue weighted by Crippen LogP contribution is 2.27. The molecule has 6 heteroatoms. The van der Waals surface area contributed by atoms with E-state index in [0.717, 1.165) is 29.5 Å². The van der Waals surface area contributed by atoms with Crippen LogP contribution in [0.25, 0.3) is 10.2 Å². The van der Waals surface area contributed by atoms with Gasteiger partial charge in [-0.3, -0.25) is 10.1 Å².